The second kappa shape index (κ2) is 11.6. The van der Waals surface area contributed by atoms with Gasteiger partial charge in [0, 0.05) is 31.1 Å². The zero-order valence-electron chi connectivity index (χ0n) is 14.1. The first-order chi connectivity index (χ1) is 12.6. The van der Waals surface area contributed by atoms with Gasteiger partial charge in [-0.25, -0.2) is 4.98 Å². The number of halogens is 4. The predicted octanol–water partition coefficient (Wildman–Crippen LogP) is 6.53. The van der Waals surface area contributed by atoms with Crippen LogP contribution in [0.5, 0.6) is 11.5 Å². The van der Waals surface area contributed by atoms with Crippen LogP contribution in [0.4, 0.5) is 0 Å². The lowest BCUT2D eigenvalue weighted by Crippen LogP contribution is -2.00. The molecule has 1 heterocycles. The van der Waals surface area contributed by atoms with Crippen LogP contribution in [0.3, 0.4) is 0 Å². The molecular formula is C18H20Cl4N2O2. The molecule has 1 aromatic heterocycles. The molecular weight excluding hydrogens is 418 g/mol. The predicted molar refractivity (Wildman–Crippen MR) is 108 cm³/mol. The van der Waals surface area contributed by atoms with Crippen molar-refractivity contribution in [3.05, 3.63) is 51.5 Å². The van der Waals surface area contributed by atoms with E-state index in [1.165, 1.54) is 6.08 Å². The lowest BCUT2D eigenvalue weighted by Gasteiger charge is -2.12. The molecule has 0 aliphatic heterocycles. The zero-order valence-corrected chi connectivity index (χ0v) is 17.2. The molecule has 0 saturated carbocycles. The van der Waals surface area contributed by atoms with Crippen molar-refractivity contribution in [2.24, 2.45) is 0 Å². The summed E-state index contributed by atoms with van der Waals surface area (Å²) in [6, 6.07) is 3.31. The van der Waals surface area contributed by atoms with Crippen LogP contribution in [-0.4, -0.2) is 22.8 Å². The lowest BCUT2D eigenvalue weighted by atomic mass is 10.2. The van der Waals surface area contributed by atoms with Gasteiger partial charge in [0.15, 0.2) is 5.75 Å². The molecule has 0 aliphatic rings. The van der Waals surface area contributed by atoms with Gasteiger partial charge >= 0.3 is 0 Å². The first kappa shape index (κ1) is 21.2. The number of nitrogens with zero attached hydrogens (tertiary/aromatic N) is 2. The normalized spacial score (nSPS) is 10.6. The van der Waals surface area contributed by atoms with Gasteiger partial charge in [0.25, 0.3) is 0 Å². The molecule has 2 aromatic rings. The molecule has 26 heavy (non-hydrogen) atoms. The van der Waals surface area contributed by atoms with Crippen LogP contribution in [0.1, 0.15) is 25.7 Å². The lowest BCUT2D eigenvalue weighted by molar-refractivity contribution is 0.303. The molecule has 0 amide bonds. The Bertz CT molecular complexity index is 678. The molecule has 0 radical (unpaired) electrons. The van der Waals surface area contributed by atoms with Crippen LogP contribution in [0.25, 0.3) is 0 Å². The molecule has 2 rings (SSSR count). The molecule has 0 bridgehead atoms. The Labute approximate surface area is 173 Å². The highest BCUT2D eigenvalue weighted by atomic mass is 35.5. The van der Waals surface area contributed by atoms with Gasteiger partial charge in [-0.2, -0.15) is 0 Å². The summed E-state index contributed by atoms with van der Waals surface area (Å²) in [4.78, 5) is 4.03. The third-order valence-electron chi connectivity index (χ3n) is 3.58. The SMILES string of the molecule is ClC(Cl)=CCOc1cc(Cl)c(OCCCCCCn2ccnc2)c(Cl)c1. The average molecular weight is 438 g/mol. The summed E-state index contributed by atoms with van der Waals surface area (Å²) in [5, 5.41) is 0.821. The number of unbranched alkanes of at least 4 members (excludes halogenated alkanes) is 3. The average Bonchev–Trinajstić information content (AvgIpc) is 3.09. The van der Waals surface area contributed by atoms with Crippen molar-refractivity contribution < 1.29 is 9.47 Å². The number of rotatable bonds is 11. The van der Waals surface area contributed by atoms with Crippen molar-refractivity contribution in [1.82, 2.24) is 9.55 Å². The summed E-state index contributed by atoms with van der Waals surface area (Å²) in [7, 11) is 0. The van der Waals surface area contributed by atoms with Crippen molar-refractivity contribution in [2.45, 2.75) is 32.2 Å². The maximum atomic E-state index is 6.23. The summed E-state index contributed by atoms with van der Waals surface area (Å²) in [5.74, 6) is 1.00. The van der Waals surface area contributed by atoms with Crippen LogP contribution < -0.4 is 9.47 Å². The van der Waals surface area contributed by atoms with Crippen LogP contribution in [-0.2, 0) is 6.54 Å². The summed E-state index contributed by atoms with van der Waals surface area (Å²) in [6.45, 7) is 1.79. The maximum Gasteiger partial charge on any atom is 0.156 e. The topological polar surface area (TPSA) is 36.3 Å². The number of aryl methyl sites for hydroxylation is 1. The van der Waals surface area contributed by atoms with Crippen molar-refractivity contribution in [1.29, 1.82) is 0 Å². The second-order valence-electron chi connectivity index (χ2n) is 5.58. The number of hydrogen-bond acceptors (Lipinski definition) is 3. The number of aromatic nitrogens is 2. The molecule has 0 unspecified atom stereocenters. The van der Waals surface area contributed by atoms with E-state index in [1.54, 1.807) is 18.3 Å². The Hall–Kier alpha value is -1.07. The van der Waals surface area contributed by atoms with E-state index in [9.17, 15) is 0 Å². The molecule has 142 valence electrons. The largest absolute Gasteiger partial charge is 0.490 e. The number of imidazole rings is 1. The van der Waals surface area contributed by atoms with Gasteiger partial charge in [0.1, 0.15) is 16.8 Å². The van der Waals surface area contributed by atoms with E-state index in [1.807, 2.05) is 12.5 Å². The van der Waals surface area contributed by atoms with Crippen molar-refractivity contribution in [2.75, 3.05) is 13.2 Å². The van der Waals surface area contributed by atoms with E-state index in [0.29, 0.717) is 28.2 Å². The maximum absolute atomic E-state index is 6.23. The van der Waals surface area contributed by atoms with Gasteiger partial charge in [0.05, 0.1) is 23.0 Å². The zero-order chi connectivity index (χ0) is 18.8. The third-order valence-corrected chi connectivity index (χ3v) is 4.45. The van der Waals surface area contributed by atoms with Crippen LogP contribution >= 0.6 is 46.4 Å². The summed E-state index contributed by atoms with van der Waals surface area (Å²) in [5.41, 5.74) is 0. The van der Waals surface area contributed by atoms with E-state index >= 15 is 0 Å². The van der Waals surface area contributed by atoms with E-state index < -0.39 is 0 Å². The molecule has 1 aromatic carbocycles. The summed E-state index contributed by atoms with van der Waals surface area (Å²) < 4.78 is 13.4. The van der Waals surface area contributed by atoms with Gasteiger partial charge in [-0.1, -0.05) is 59.2 Å². The van der Waals surface area contributed by atoms with E-state index in [2.05, 4.69) is 9.55 Å². The smallest absolute Gasteiger partial charge is 0.156 e. The first-order valence-electron chi connectivity index (χ1n) is 8.28. The monoisotopic (exact) mass is 436 g/mol. The molecule has 0 fully saturated rings. The minimum atomic E-state index is 0.146. The molecule has 0 saturated heterocycles. The Morgan fingerprint density at radius 2 is 1.77 bits per heavy atom. The van der Waals surface area contributed by atoms with Crippen LogP contribution in [0.15, 0.2) is 41.4 Å². The highest BCUT2D eigenvalue weighted by Gasteiger charge is 2.10. The van der Waals surface area contributed by atoms with Gasteiger partial charge in [-0.15, -0.1) is 0 Å². The third kappa shape index (κ3) is 7.67. The van der Waals surface area contributed by atoms with E-state index in [0.717, 1.165) is 32.2 Å². The number of hydrogen-bond donors (Lipinski definition) is 0. The molecule has 0 aliphatic carbocycles. The highest BCUT2D eigenvalue weighted by Crippen LogP contribution is 2.37. The fraction of sp³-hybridized carbons (Fsp3) is 0.389. The molecule has 8 heteroatoms. The number of benzene rings is 1. The van der Waals surface area contributed by atoms with Crippen molar-refractivity contribution >= 4 is 46.4 Å². The van der Waals surface area contributed by atoms with Crippen LogP contribution in [0.2, 0.25) is 10.0 Å². The Morgan fingerprint density at radius 3 is 2.42 bits per heavy atom. The Balaban J connectivity index is 1.69. The molecule has 0 spiro atoms. The van der Waals surface area contributed by atoms with E-state index in [4.69, 9.17) is 55.9 Å². The fourth-order valence-corrected chi connectivity index (χ4v) is 3.00. The summed E-state index contributed by atoms with van der Waals surface area (Å²) >= 11 is 23.5. The second-order valence-corrected chi connectivity index (χ2v) is 7.41. The van der Waals surface area contributed by atoms with Crippen molar-refractivity contribution in [3.63, 3.8) is 0 Å². The van der Waals surface area contributed by atoms with Gasteiger partial charge in [-0.3, -0.25) is 0 Å². The highest BCUT2D eigenvalue weighted by molar-refractivity contribution is 6.55. The first-order valence-corrected chi connectivity index (χ1v) is 9.79. The quantitative estimate of drug-likeness (QED) is 0.375. The number of ether oxygens (including phenoxy) is 2. The van der Waals surface area contributed by atoms with Crippen LogP contribution in [0, 0.1) is 0 Å². The van der Waals surface area contributed by atoms with Gasteiger partial charge in [0.2, 0.25) is 0 Å². The molecule has 0 N–H and O–H groups in total. The molecule has 0 atom stereocenters. The Kier molecular flexibility index (Phi) is 9.48. The van der Waals surface area contributed by atoms with E-state index in [-0.39, 0.29) is 11.1 Å². The fourth-order valence-electron chi connectivity index (χ4n) is 2.30. The standard InChI is InChI=1S/C18H20Cl4N2O2/c19-15-11-14(25-10-5-17(21)22)12-16(20)18(15)26-9-4-2-1-3-7-24-8-6-23-13-24/h5-6,8,11-13H,1-4,7,9-10H2. The minimum absolute atomic E-state index is 0.146. The minimum Gasteiger partial charge on any atom is -0.490 e. The van der Waals surface area contributed by atoms with Crippen molar-refractivity contribution in [3.8, 4) is 11.5 Å². The molecule has 4 nitrogen and oxygen atoms in total. The summed E-state index contributed by atoms with van der Waals surface area (Å²) in [6.07, 6.45) is 11.4. The van der Waals surface area contributed by atoms with Gasteiger partial charge in [-0.05, 0) is 18.9 Å². The Morgan fingerprint density at radius 1 is 1.04 bits per heavy atom. The van der Waals surface area contributed by atoms with Gasteiger partial charge < -0.3 is 14.0 Å².